The summed E-state index contributed by atoms with van der Waals surface area (Å²) in [5.74, 6) is -2.53. The Labute approximate surface area is 186 Å². The minimum absolute atomic E-state index is 0.171. The van der Waals surface area contributed by atoms with E-state index in [0.29, 0.717) is 25.2 Å². The van der Waals surface area contributed by atoms with Gasteiger partial charge in [-0.3, -0.25) is 10.3 Å². The fraction of sp³-hybridized carbons (Fsp3) is 0.100. The number of hydrogen-bond donors (Lipinski definition) is 3. The molecule has 0 aromatic heterocycles. The molecule has 1 aliphatic rings. The van der Waals surface area contributed by atoms with Crippen molar-refractivity contribution in [2.24, 2.45) is 4.99 Å². The van der Waals surface area contributed by atoms with E-state index >= 15 is 0 Å². The number of amides is 1. The third-order valence-corrected chi connectivity index (χ3v) is 5.46. The van der Waals surface area contributed by atoms with Crippen LogP contribution in [0.1, 0.15) is 5.56 Å². The van der Waals surface area contributed by atoms with Crippen molar-refractivity contribution in [3.63, 3.8) is 0 Å². The number of carboxylic acids is 2. The van der Waals surface area contributed by atoms with Crippen LogP contribution >= 0.6 is 31.9 Å². The Bertz CT molecular complexity index is 1220. The maximum absolute atomic E-state index is 12.6. The van der Waals surface area contributed by atoms with E-state index in [4.69, 9.17) is 5.11 Å². The SMILES string of the molecule is COC(=O)Nc1cccc(C2(C(=O)O)N=c3c(Br)cc(Br)cc3=C2C=CC(=O)O)c1. The molecule has 0 fully saturated rings. The fourth-order valence-electron chi connectivity index (χ4n) is 3.17. The molecule has 2 aromatic carbocycles. The molecule has 0 bridgehead atoms. The number of ether oxygens (including phenoxy) is 1. The highest BCUT2D eigenvalue weighted by Crippen LogP contribution is 2.38. The van der Waals surface area contributed by atoms with E-state index in [1.54, 1.807) is 30.3 Å². The quantitative estimate of drug-likeness (QED) is 0.504. The van der Waals surface area contributed by atoms with Crippen LogP contribution in [0, 0.1) is 0 Å². The van der Waals surface area contributed by atoms with Crippen molar-refractivity contribution in [3.05, 3.63) is 73.6 Å². The number of nitrogens with zero attached hydrogens (tertiary/aromatic N) is 1. The van der Waals surface area contributed by atoms with Crippen LogP contribution in [0.4, 0.5) is 10.5 Å². The number of halogens is 2. The first kappa shape index (κ1) is 21.7. The molecule has 1 heterocycles. The maximum Gasteiger partial charge on any atom is 0.411 e. The summed E-state index contributed by atoms with van der Waals surface area (Å²) in [5.41, 5.74) is -1.23. The van der Waals surface area contributed by atoms with Crippen molar-refractivity contribution >= 4 is 61.2 Å². The number of carboxylic acid groups (broad SMARTS) is 2. The lowest BCUT2D eigenvalue weighted by Crippen LogP contribution is -2.34. The number of benzene rings is 2. The zero-order valence-electron chi connectivity index (χ0n) is 15.3. The molecule has 3 rings (SSSR count). The van der Waals surface area contributed by atoms with Gasteiger partial charge in [-0.2, -0.15) is 0 Å². The van der Waals surface area contributed by atoms with Crippen molar-refractivity contribution in [3.8, 4) is 0 Å². The maximum atomic E-state index is 12.6. The number of fused-ring (bicyclic) bond motifs is 1. The van der Waals surface area contributed by atoms with Crippen molar-refractivity contribution in [2.45, 2.75) is 5.54 Å². The van der Waals surface area contributed by atoms with Crippen LogP contribution in [-0.2, 0) is 19.9 Å². The summed E-state index contributed by atoms with van der Waals surface area (Å²) in [6.07, 6.45) is 1.37. The molecule has 3 N–H and O–H groups in total. The lowest BCUT2D eigenvalue weighted by atomic mass is 9.82. The van der Waals surface area contributed by atoms with Gasteiger partial charge in [0.15, 0.2) is 0 Å². The first-order chi connectivity index (χ1) is 14.2. The van der Waals surface area contributed by atoms with Gasteiger partial charge in [0.2, 0.25) is 5.54 Å². The Hall–Kier alpha value is -2.98. The van der Waals surface area contributed by atoms with E-state index in [1.807, 2.05) is 0 Å². The van der Waals surface area contributed by atoms with Gasteiger partial charge in [-0.15, -0.1) is 0 Å². The number of aliphatic carboxylic acids is 2. The third kappa shape index (κ3) is 3.88. The lowest BCUT2D eigenvalue weighted by molar-refractivity contribution is -0.141. The zero-order chi connectivity index (χ0) is 22.1. The third-order valence-electron chi connectivity index (χ3n) is 4.40. The molecule has 0 aliphatic carbocycles. The number of methoxy groups -OCH3 is 1. The van der Waals surface area contributed by atoms with Gasteiger partial charge in [-0.1, -0.05) is 28.1 Å². The van der Waals surface area contributed by atoms with Gasteiger partial charge >= 0.3 is 18.0 Å². The van der Waals surface area contributed by atoms with Gasteiger partial charge < -0.3 is 14.9 Å². The predicted octanol–water partition coefficient (Wildman–Crippen LogP) is 2.79. The monoisotopic (exact) mass is 536 g/mol. The van der Waals surface area contributed by atoms with Crippen LogP contribution in [-0.4, -0.2) is 35.4 Å². The first-order valence-electron chi connectivity index (χ1n) is 8.38. The average Bonchev–Trinajstić information content (AvgIpc) is 3.02. The van der Waals surface area contributed by atoms with Crippen LogP contribution < -0.4 is 15.9 Å². The molecule has 30 heavy (non-hydrogen) atoms. The molecule has 2 aromatic rings. The Morgan fingerprint density at radius 1 is 1.17 bits per heavy atom. The number of carbonyl (C=O) groups excluding carboxylic acids is 1. The molecule has 0 saturated heterocycles. The number of anilines is 1. The van der Waals surface area contributed by atoms with Crippen LogP contribution in [0.15, 0.2) is 62.5 Å². The summed E-state index contributed by atoms with van der Waals surface area (Å²) in [4.78, 5) is 39.8. The van der Waals surface area contributed by atoms with Gasteiger partial charge in [-0.05, 0) is 51.8 Å². The van der Waals surface area contributed by atoms with Gasteiger partial charge in [0, 0.05) is 31.5 Å². The number of rotatable bonds is 5. The lowest BCUT2D eigenvalue weighted by Gasteiger charge is -2.25. The summed E-state index contributed by atoms with van der Waals surface area (Å²) in [7, 11) is 1.21. The smallest absolute Gasteiger partial charge is 0.411 e. The van der Waals surface area contributed by atoms with E-state index in [1.165, 1.54) is 19.3 Å². The molecule has 1 atom stereocenters. The molecule has 1 aliphatic heterocycles. The Kier molecular flexibility index (Phi) is 6.09. The van der Waals surface area contributed by atoms with Gasteiger partial charge in [0.1, 0.15) is 0 Å². The molecule has 10 heteroatoms. The molecule has 8 nitrogen and oxygen atoms in total. The summed E-state index contributed by atoms with van der Waals surface area (Å²) < 4.78 is 5.78. The zero-order valence-corrected chi connectivity index (χ0v) is 18.5. The highest BCUT2D eigenvalue weighted by molar-refractivity contribution is 9.11. The van der Waals surface area contributed by atoms with Crippen LogP contribution in [0.25, 0.3) is 5.57 Å². The van der Waals surface area contributed by atoms with Crippen LogP contribution in [0.5, 0.6) is 0 Å². The number of nitrogens with one attached hydrogen (secondary N) is 1. The van der Waals surface area contributed by atoms with E-state index in [0.717, 1.165) is 6.08 Å². The van der Waals surface area contributed by atoms with E-state index in [9.17, 15) is 19.5 Å². The summed E-state index contributed by atoms with van der Waals surface area (Å²) in [5, 5.41) is 22.7. The molecular formula is C20H14Br2N2O6. The second kappa shape index (κ2) is 8.41. The first-order valence-corrected chi connectivity index (χ1v) is 9.97. The molecular weight excluding hydrogens is 524 g/mol. The minimum atomic E-state index is -1.93. The molecule has 0 saturated carbocycles. The molecule has 1 amide bonds. The Morgan fingerprint density at radius 3 is 2.53 bits per heavy atom. The number of carbonyl (C=O) groups is 3. The standard InChI is InChI=1S/C20H14Br2N2O6/c1-30-19(29)23-12-4-2-3-10(7-12)20(18(27)28)14(5-6-16(25)26)13-8-11(21)9-15(22)17(13)24-20/h2-9H,1H3,(H,23,29)(H,25,26)(H,27,28). The van der Waals surface area contributed by atoms with Gasteiger partial charge in [0.25, 0.3) is 0 Å². The minimum Gasteiger partial charge on any atom is -0.479 e. The van der Waals surface area contributed by atoms with Crippen LogP contribution in [0.2, 0.25) is 0 Å². The van der Waals surface area contributed by atoms with Gasteiger partial charge in [-0.25, -0.2) is 14.4 Å². The predicted molar refractivity (Wildman–Crippen MR) is 115 cm³/mol. The second-order valence-electron chi connectivity index (χ2n) is 6.19. The fourth-order valence-corrected chi connectivity index (χ4v) is 4.48. The van der Waals surface area contributed by atoms with Crippen molar-refractivity contribution < 1.29 is 29.3 Å². The largest absolute Gasteiger partial charge is 0.479 e. The summed E-state index contributed by atoms with van der Waals surface area (Å²) in [6.45, 7) is 0. The highest BCUT2D eigenvalue weighted by atomic mass is 79.9. The molecule has 1 unspecified atom stereocenters. The van der Waals surface area contributed by atoms with Crippen LogP contribution in [0.3, 0.4) is 0 Å². The van der Waals surface area contributed by atoms with E-state index < -0.39 is 23.6 Å². The normalized spacial score (nSPS) is 17.4. The number of hydrogen-bond acceptors (Lipinski definition) is 5. The topological polar surface area (TPSA) is 125 Å². The average molecular weight is 538 g/mol. The summed E-state index contributed by atoms with van der Waals surface area (Å²) >= 11 is 6.76. The van der Waals surface area contributed by atoms with E-state index in [2.05, 4.69) is 46.9 Å². The second-order valence-corrected chi connectivity index (χ2v) is 7.96. The van der Waals surface area contributed by atoms with Crippen molar-refractivity contribution in [2.75, 3.05) is 12.4 Å². The summed E-state index contributed by atoms with van der Waals surface area (Å²) in [6, 6.07) is 9.52. The van der Waals surface area contributed by atoms with Crippen molar-refractivity contribution in [1.29, 1.82) is 0 Å². The Morgan fingerprint density at radius 2 is 1.90 bits per heavy atom. The molecule has 0 radical (unpaired) electrons. The Balaban J connectivity index is 2.35. The molecule has 0 spiro atoms. The van der Waals surface area contributed by atoms with Gasteiger partial charge in [0.05, 0.1) is 12.5 Å². The molecule has 154 valence electrons. The highest BCUT2D eigenvalue weighted by Gasteiger charge is 2.46. The van der Waals surface area contributed by atoms with Crippen molar-refractivity contribution in [1.82, 2.24) is 0 Å². The van der Waals surface area contributed by atoms with E-state index in [-0.39, 0.29) is 11.1 Å².